The molecule has 4 heteroatoms. The first-order chi connectivity index (χ1) is 5.72. The van der Waals surface area contributed by atoms with Crippen LogP contribution in [-0.2, 0) is 0 Å². The lowest BCUT2D eigenvalue weighted by molar-refractivity contribution is 0.0439. The van der Waals surface area contributed by atoms with Crippen molar-refractivity contribution in [3.63, 3.8) is 0 Å². The Bertz CT molecular complexity index is 158. The topological polar surface area (TPSA) is 80.9 Å². The molecular weight excluding hydrogens is 160 g/mol. The van der Waals surface area contributed by atoms with Crippen LogP contribution in [-0.4, -0.2) is 45.8 Å². The maximum atomic E-state index is 9.13. The average Bonchev–Trinajstić information content (AvgIpc) is 2.10. The quantitative estimate of drug-likeness (QED) is 0.390. The molecule has 4 nitrogen and oxygen atoms in total. The molecule has 12 heavy (non-hydrogen) atoms. The molecule has 0 amide bonds. The van der Waals surface area contributed by atoms with E-state index in [1.165, 1.54) is 0 Å². The van der Waals surface area contributed by atoms with Gasteiger partial charge in [0.15, 0.2) is 0 Å². The summed E-state index contributed by atoms with van der Waals surface area (Å²) in [4.78, 5) is 0. The minimum Gasteiger partial charge on any atom is -0.396 e. The maximum Gasteiger partial charge on any atom is 0.140 e. The first kappa shape index (κ1) is 11.4. The van der Waals surface area contributed by atoms with E-state index in [-0.39, 0.29) is 13.2 Å². The molecule has 0 fully saturated rings. The van der Waals surface area contributed by atoms with Gasteiger partial charge in [0.2, 0.25) is 0 Å². The monoisotopic (exact) mass is 174 g/mol. The van der Waals surface area contributed by atoms with E-state index < -0.39 is 12.2 Å². The van der Waals surface area contributed by atoms with Gasteiger partial charge in [-0.15, -0.1) is 0 Å². The van der Waals surface area contributed by atoms with Crippen LogP contribution in [0.3, 0.4) is 0 Å². The van der Waals surface area contributed by atoms with Gasteiger partial charge in [-0.05, 0) is 12.8 Å². The maximum absolute atomic E-state index is 9.13. The lowest BCUT2D eigenvalue weighted by Crippen LogP contribution is -2.24. The highest BCUT2D eigenvalue weighted by molar-refractivity contribution is 5.06. The number of hydrogen-bond acceptors (Lipinski definition) is 4. The van der Waals surface area contributed by atoms with Gasteiger partial charge in [0.05, 0.1) is 6.10 Å². The normalized spacial score (nSPS) is 14.7. The molecule has 4 N–H and O–H groups in total. The molecule has 0 radical (unpaired) electrons. The van der Waals surface area contributed by atoms with Crippen LogP contribution in [0, 0.1) is 11.8 Å². The summed E-state index contributed by atoms with van der Waals surface area (Å²) in [5.74, 6) is 4.50. The van der Waals surface area contributed by atoms with E-state index in [9.17, 15) is 0 Å². The van der Waals surface area contributed by atoms with Crippen molar-refractivity contribution in [2.75, 3.05) is 13.2 Å². The van der Waals surface area contributed by atoms with Crippen LogP contribution < -0.4 is 0 Å². The summed E-state index contributed by atoms with van der Waals surface area (Å²) >= 11 is 0. The molecule has 0 spiro atoms. The second kappa shape index (κ2) is 7.07. The van der Waals surface area contributed by atoms with Gasteiger partial charge in [0.25, 0.3) is 0 Å². The molecule has 0 aromatic heterocycles. The fourth-order valence-corrected chi connectivity index (χ4v) is 0.705. The Morgan fingerprint density at radius 2 is 1.83 bits per heavy atom. The fraction of sp³-hybridized carbons (Fsp3) is 0.750. The minimum atomic E-state index is -1.14. The van der Waals surface area contributed by atoms with Gasteiger partial charge < -0.3 is 20.4 Å². The Balaban J connectivity index is 3.68. The highest BCUT2D eigenvalue weighted by Crippen LogP contribution is 2.00. The van der Waals surface area contributed by atoms with Gasteiger partial charge in [-0.25, -0.2) is 0 Å². The molecular formula is C8H14O4. The molecule has 0 aliphatic rings. The smallest absolute Gasteiger partial charge is 0.140 e. The van der Waals surface area contributed by atoms with E-state index in [1.54, 1.807) is 0 Å². The zero-order chi connectivity index (χ0) is 9.40. The predicted molar refractivity (Wildman–Crippen MR) is 43.2 cm³/mol. The first-order valence-electron chi connectivity index (χ1n) is 3.78. The Morgan fingerprint density at radius 1 is 1.17 bits per heavy atom. The van der Waals surface area contributed by atoms with Crippen LogP contribution in [0.4, 0.5) is 0 Å². The fourth-order valence-electron chi connectivity index (χ4n) is 0.705. The highest BCUT2D eigenvalue weighted by Gasteiger charge is 2.12. The van der Waals surface area contributed by atoms with E-state index in [4.69, 9.17) is 20.4 Å². The Morgan fingerprint density at radius 3 is 2.33 bits per heavy atom. The zero-order valence-electron chi connectivity index (χ0n) is 6.77. The Labute approximate surface area is 71.5 Å². The standard InChI is InChI=1S/C8H14O4/c9-5-1-3-7(11)8(12)4-2-6-10/h7-12H,1,3,5-6H2. The van der Waals surface area contributed by atoms with Gasteiger partial charge in [0.1, 0.15) is 12.7 Å². The molecule has 2 unspecified atom stereocenters. The van der Waals surface area contributed by atoms with Crippen LogP contribution in [0.25, 0.3) is 0 Å². The number of rotatable bonds is 4. The summed E-state index contributed by atoms with van der Waals surface area (Å²) in [5.41, 5.74) is 0. The Hall–Kier alpha value is -0.600. The van der Waals surface area contributed by atoms with Gasteiger partial charge in [-0.1, -0.05) is 11.8 Å². The molecule has 70 valence electrons. The molecule has 2 atom stereocenters. The van der Waals surface area contributed by atoms with E-state index in [2.05, 4.69) is 11.8 Å². The number of aliphatic hydroxyl groups is 4. The van der Waals surface area contributed by atoms with Gasteiger partial charge in [-0.3, -0.25) is 0 Å². The molecule has 0 rings (SSSR count). The van der Waals surface area contributed by atoms with Gasteiger partial charge in [-0.2, -0.15) is 0 Å². The van der Waals surface area contributed by atoms with Crippen molar-refractivity contribution < 1.29 is 20.4 Å². The first-order valence-corrected chi connectivity index (χ1v) is 3.78. The van der Waals surface area contributed by atoms with Gasteiger partial charge >= 0.3 is 0 Å². The molecule has 0 bridgehead atoms. The van der Waals surface area contributed by atoms with Crippen LogP contribution in [0.2, 0.25) is 0 Å². The Kier molecular flexibility index (Phi) is 6.72. The summed E-state index contributed by atoms with van der Waals surface area (Å²) in [7, 11) is 0. The predicted octanol–water partition coefficient (Wildman–Crippen LogP) is -1.52. The van der Waals surface area contributed by atoms with Crippen molar-refractivity contribution in [2.24, 2.45) is 0 Å². The lowest BCUT2D eigenvalue weighted by atomic mass is 10.1. The summed E-state index contributed by atoms with van der Waals surface area (Å²) in [5, 5.41) is 34.9. The second-order valence-electron chi connectivity index (χ2n) is 2.36. The van der Waals surface area contributed by atoms with Crippen LogP contribution in [0.5, 0.6) is 0 Å². The van der Waals surface area contributed by atoms with E-state index in [0.717, 1.165) is 0 Å². The third-order valence-corrected chi connectivity index (χ3v) is 1.35. The molecule has 0 saturated heterocycles. The largest absolute Gasteiger partial charge is 0.396 e. The van der Waals surface area contributed by atoms with Crippen molar-refractivity contribution in [3.8, 4) is 11.8 Å². The van der Waals surface area contributed by atoms with Crippen molar-refractivity contribution in [3.05, 3.63) is 0 Å². The van der Waals surface area contributed by atoms with Crippen molar-refractivity contribution in [1.29, 1.82) is 0 Å². The third kappa shape index (κ3) is 5.10. The van der Waals surface area contributed by atoms with Crippen LogP contribution in [0.1, 0.15) is 12.8 Å². The molecule has 0 aliphatic carbocycles. The second-order valence-corrected chi connectivity index (χ2v) is 2.36. The number of aliphatic hydroxyl groups excluding tert-OH is 4. The number of hydrogen-bond donors (Lipinski definition) is 4. The summed E-state index contributed by atoms with van der Waals surface area (Å²) < 4.78 is 0. The van der Waals surface area contributed by atoms with Crippen molar-refractivity contribution in [1.82, 2.24) is 0 Å². The molecule has 0 saturated carbocycles. The summed E-state index contributed by atoms with van der Waals surface area (Å²) in [6.45, 7) is -0.346. The third-order valence-electron chi connectivity index (χ3n) is 1.35. The van der Waals surface area contributed by atoms with Gasteiger partial charge in [0, 0.05) is 6.61 Å². The van der Waals surface area contributed by atoms with E-state index in [0.29, 0.717) is 12.8 Å². The average molecular weight is 174 g/mol. The lowest BCUT2D eigenvalue weighted by Gasteiger charge is -2.11. The van der Waals surface area contributed by atoms with Crippen molar-refractivity contribution >= 4 is 0 Å². The van der Waals surface area contributed by atoms with E-state index >= 15 is 0 Å². The minimum absolute atomic E-state index is 0.0167. The zero-order valence-corrected chi connectivity index (χ0v) is 6.77. The van der Waals surface area contributed by atoms with E-state index in [1.807, 2.05) is 0 Å². The molecule has 0 aromatic carbocycles. The van der Waals surface area contributed by atoms with Crippen LogP contribution >= 0.6 is 0 Å². The molecule has 0 heterocycles. The summed E-state index contributed by atoms with van der Waals surface area (Å²) in [6.07, 6.45) is -1.35. The SMILES string of the molecule is OCC#CC(O)C(O)CCCO. The molecule has 0 aromatic rings. The van der Waals surface area contributed by atoms with Crippen LogP contribution in [0.15, 0.2) is 0 Å². The summed E-state index contributed by atoms with van der Waals surface area (Å²) in [6, 6.07) is 0. The highest BCUT2D eigenvalue weighted by atomic mass is 16.3. The molecule has 0 aliphatic heterocycles. The van der Waals surface area contributed by atoms with Crippen molar-refractivity contribution in [2.45, 2.75) is 25.0 Å².